The van der Waals surface area contributed by atoms with Gasteiger partial charge in [0.2, 0.25) is 5.91 Å². The molecule has 0 aliphatic carbocycles. The summed E-state index contributed by atoms with van der Waals surface area (Å²) in [7, 11) is 0. The van der Waals surface area contributed by atoms with Crippen LogP contribution in [0.5, 0.6) is 5.75 Å². The number of aromatic nitrogens is 2. The molecule has 3 rings (SSSR count). The molecule has 8 nitrogen and oxygen atoms in total. The zero-order valence-electron chi connectivity index (χ0n) is 15.7. The standard InChI is InChI=1S/C19H17F3N4O4/c1-12(27)24-16(13-5-7-14(8-6-13)30-10-19(20,21)22)9-25-11-23-15-3-2-4-17(18(15)25)26(28)29/h2-8,11,16H,9-10H2,1H3,(H,24,27). The van der Waals surface area contributed by atoms with E-state index in [1.54, 1.807) is 10.6 Å². The number of carbonyl (C=O) groups excluding carboxylic acids is 1. The van der Waals surface area contributed by atoms with E-state index in [2.05, 4.69) is 15.0 Å². The van der Waals surface area contributed by atoms with Crippen molar-refractivity contribution in [3.8, 4) is 5.75 Å². The van der Waals surface area contributed by atoms with Crippen LogP contribution in [0, 0.1) is 10.1 Å². The Balaban J connectivity index is 1.88. The lowest BCUT2D eigenvalue weighted by Gasteiger charge is -2.20. The van der Waals surface area contributed by atoms with Crippen LogP contribution in [0.2, 0.25) is 0 Å². The van der Waals surface area contributed by atoms with Crippen LogP contribution < -0.4 is 10.1 Å². The second-order valence-corrected chi connectivity index (χ2v) is 6.52. The molecule has 0 saturated heterocycles. The van der Waals surface area contributed by atoms with Gasteiger partial charge in [-0.1, -0.05) is 18.2 Å². The number of alkyl halides is 3. The van der Waals surface area contributed by atoms with E-state index >= 15 is 0 Å². The van der Waals surface area contributed by atoms with E-state index in [4.69, 9.17) is 0 Å². The molecule has 1 atom stereocenters. The van der Waals surface area contributed by atoms with E-state index < -0.39 is 23.7 Å². The fraction of sp³-hybridized carbons (Fsp3) is 0.263. The maximum Gasteiger partial charge on any atom is 0.422 e. The number of amides is 1. The molecule has 158 valence electrons. The molecule has 0 aliphatic heterocycles. The summed E-state index contributed by atoms with van der Waals surface area (Å²) in [4.78, 5) is 26.7. The summed E-state index contributed by atoms with van der Waals surface area (Å²) in [6.07, 6.45) is -3.01. The monoisotopic (exact) mass is 422 g/mol. The molecule has 0 bridgehead atoms. The molecular formula is C19H17F3N4O4. The normalized spacial score (nSPS) is 12.5. The highest BCUT2D eigenvalue weighted by atomic mass is 19.4. The van der Waals surface area contributed by atoms with Crippen molar-refractivity contribution in [3.63, 3.8) is 0 Å². The Kier molecular flexibility index (Phi) is 5.90. The third kappa shape index (κ3) is 5.04. The smallest absolute Gasteiger partial charge is 0.422 e. The minimum Gasteiger partial charge on any atom is -0.484 e. The van der Waals surface area contributed by atoms with E-state index in [0.29, 0.717) is 16.6 Å². The molecule has 1 N–H and O–H groups in total. The Morgan fingerprint density at radius 2 is 1.97 bits per heavy atom. The predicted molar refractivity (Wildman–Crippen MR) is 101 cm³/mol. The molecule has 0 spiro atoms. The first-order chi connectivity index (χ1) is 14.1. The first-order valence-corrected chi connectivity index (χ1v) is 8.79. The number of nitrogens with one attached hydrogen (secondary N) is 1. The highest BCUT2D eigenvalue weighted by Gasteiger charge is 2.28. The van der Waals surface area contributed by atoms with Crippen LogP contribution in [0.4, 0.5) is 18.9 Å². The molecule has 0 aliphatic rings. The lowest BCUT2D eigenvalue weighted by molar-refractivity contribution is -0.383. The molecule has 1 amide bonds. The highest BCUT2D eigenvalue weighted by Crippen LogP contribution is 2.27. The van der Waals surface area contributed by atoms with E-state index in [-0.39, 0.29) is 23.9 Å². The lowest BCUT2D eigenvalue weighted by Crippen LogP contribution is -2.29. The van der Waals surface area contributed by atoms with Crippen LogP contribution in [-0.4, -0.2) is 33.2 Å². The van der Waals surface area contributed by atoms with Crippen molar-refractivity contribution in [1.29, 1.82) is 0 Å². The maximum absolute atomic E-state index is 12.3. The van der Waals surface area contributed by atoms with Crippen LogP contribution in [-0.2, 0) is 11.3 Å². The number of hydrogen-bond donors (Lipinski definition) is 1. The first-order valence-electron chi connectivity index (χ1n) is 8.79. The summed E-state index contributed by atoms with van der Waals surface area (Å²) in [5.41, 5.74) is 1.21. The molecule has 0 saturated carbocycles. The number of ether oxygens (including phenoxy) is 1. The lowest BCUT2D eigenvalue weighted by atomic mass is 10.1. The number of imidazole rings is 1. The SMILES string of the molecule is CC(=O)NC(Cn1cnc2cccc([N+](=O)[O-])c21)c1ccc(OCC(F)(F)F)cc1. The fourth-order valence-electron chi connectivity index (χ4n) is 3.03. The van der Waals surface area contributed by atoms with Gasteiger partial charge in [0.25, 0.3) is 5.69 Å². The Hall–Kier alpha value is -3.63. The van der Waals surface area contributed by atoms with Gasteiger partial charge < -0.3 is 14.6 Å². The number of halogens is 3. The van der Waals surface area contributed by atoms with Crippen LogP contribution >= 0.6 is 0 Å². The minimum atomic E-state index is -4.45. The van der Waals surface area contributed by atoms with Crippen molar-refractivity contribution < 1.29 is 27.6 Å². The van der Waals surface area contributed by atoms with E-state index in [0.717, 1.165) is 0 Å². The molecule has 2 aromatic carbocycles. The minimum absolute atomic E-state index is 0.0290. The topological polar surface area (TPSA) is 99.3 Å². The van der Waals surface area contributed by atoms with Gasteiger partial charge in [-0.15, -0.1) is 0 Å². The van der Waals surface area contributed by atoms with E-state index in [9.17, 15) is 28.1 Å². The molecule has 30 heavy (non-hydrogen) atoms. The fourth-order valence-corrected chi connectivity index (χ4v) is 3.03. The Morgan fingerprint density at radius 3 is 2.57 bits per heavy atom. The summed E-state index contributed by atoms with van der Waals surface area (Å²) in [6, 6.07) is 9.72. The van der Waals surface area contributed by atoms with Gasteiger partial charge in [-0.2, -0.15) is 13.2 Å². The number of nitrogens with zero attached hydrogens (tertiary/aromatic N) is 3. The van der Waals surface area contributed by atoms with Crippen LogP contribution in [0.3, 0.4) is 0 Å². The molecule has 1 heterocycles. The van der Waals surface area contributed by atoms with Gasteiger partial charge in [-0.05, 0) is 23.8 Å². The predicted octanol–water partition coefficient (Wildman–Crippen LogP) is 3.76. The van der Waals surface area contributed by atoms with Gasteiger partial charge in [-0.25, -0.2) is 4.98 Å². The van der Waals surface area contributed by atoms with Crippen molar-refractivity contribution in [2.24, 2.45) is 0 Å². The number of non-ortho nitro benzene ring substituents is 1. The Labute approximate surface area is 168 Å². The van der Waals surface area contributed by atoms with Gasteiger partial charge in [0.05, 0.1) is 22.8 Å². The van der Waals surface area contributed by atoms with Gasteiger partial charge >= 0.3 is 6.18 Å². The second-order valence-electron chi connectivity index (χ2n) is 6.52. The van der Waals surface area contributed by atoms with Gasteiger partial charge in [0.1, 0.15) is 11.3 Å². The van der Waals surface area contributed by atoms with Gasteiger partial charge in [-0.3, -0.25) is 14.9 Å². The number of fused-ring (bicyclic) bond motifs is 1. The molecule has 1 aromatic heterocycles. The first kappa shape index (κ1) is 21.1. The molecule has 11 heteroatoms. The average molecular weight is 422 g/mol. The molecular weight excluding hydrogens is 405 g/mol. The molecule has 0 radical (unpaired) electrons. The summed E-state index contributed by atoms with van der Waals surface area (Å²) < 4.78 is 43.1. The van der Waals surface area contributed by atoms with E-state index in [1.165, 1.54) is 49.6 Å². The number of nitro groups is 1. The number of rotatable bonds is 7. The van der Waals surface area contributed by atoms with Crippen LogP contribution in [0.1, 0.15) is 18.5 Å². The third-order valence-corrected chi connectivity index (χ3v) is 4.26. The molecule has 0 fully saturated rings. The van der Waals surface area contributed by atoms with Crippen LogP contribution in [0.25, 0.3) is 11.0 Å². The summed E-state index contributed by atoms with van der Waals surface area (Å²) >= 11 is 0. The Morgan fingerprint density at radius 1 is 1.27 bits per heavy atom. The maximum atomic E-state index is 12.3. The Bertz CT molecular complexity index is 1060. The van der Waals surface area contributed by atoms with Crippen molar-refractivity contribution in [2.45, 2.75) is 25.7 Å². The van der Waals surface area contributed by atoms with E-state index in [1.807, 2.05) is 0 Å². The van der Waals surface area contributed by atoms with Gasteiger partial charge in [0, 0.05) is 19.5 Å². The van der Waals surface area contributed by atoms with Crippen LogP contribution in [0.15, 0.2) is 48.8 Å². The summed E-state index contributed by atoms with van der Waals surface area (Å²) in [6.45, 7) is 0.0398. The van der Waals surface area contributed by atoms with Crippen molar-refractivity contribution in [1.82, 2.24) is 14.9 Å². The zero-order chi connectivity index (χ0) is 21.9. The largest absolute Gasteiger partial charge is 0.484 e. The van der Waals surface area contributed by atoms with Crippen molar-refractivity contribution >= 4 is 22.6 Å². The molecule has 3 aromatic rings. The quantitative estimate of drug-likeness (QED) is 0.462. The number of nitro benzene ring substituents is 1. The highest BCUT2D eigenvalue weighted by molar-refractivity contribution is 5.84. The number of carbonyl (C=O) groups is 1. The zero-order valence-corrected chi connectivity index (χ0v) is 15.7. The van der Waals surface area contributed by atoms with Crippen molar-refractivity contribution in [3.05, 3.63) is 64.5 Å². The summed E-state index contributed by atoms with van der Waals surface area (Å²) in [5.74, 6) is -0.308. The molecule has 1 unspecified atom stereocenters. The van der Waals surface area contributed by atoms with Gasteiger partial charge in [0.15, 0.2) is 6.61 Å². The average Bonchev–Trinajstić information content (AvgIpc) is 3.08. The summed E-state index contributed by atoms with van der Waals surface area (Å²) in [5, 5.41) is 14.1. The third-order valence-electron chi connectivity index (χ3n) is 4.26. The van der Waals surface area contributed by atoms with Crippen molar-refractivity contribution in [2.75, 3.05) is 6.61 Å². The number of para-hydroxylation sites is 1. The number of hydrogen-bond acceptors (Lipinski definition) is 5. The second kappa shape index (κ2) is 8.39. The number of benzene rings is 2.